The number of terminal acetylenes is 2. The predicted octanol–water partition coefficient (Wildman–Crippen LogP) is 6.08. The van der Waals surface area contributed by atoms with Gasteiger partial charge in [-0.2, -0.15) is 0 Å². The van der Waals surface area contributed by atoms with Crippen molar-refractivity contribution in [3.63, 3.8) is 0 Å². The van der Waals surface area contributed by atoms with E-state index in [0.29, 0.717) is 25.9 Å². The van der Waals surface area contributed by atoms with E-state index in [1.807, 2.05) is 23.9 Å². The molecule has 196 valence electrons. The van der Waals surface area contributed by atoms with E-state index in [1.54, 1.807) is 24.3 Å². The lowest BCUT2D eigenvalue weighted by molar-refractivity contribution is -0.275. The van der Waals surface area contributed by atoms with Crippen molar-refractivity contribution < 1.29 is 35.8 Å². The topological polar surface area (TPSA) is 24.9 Å². The van der Waals surface area contributed by atoms with Gasteiger partial charge in [-0.1, -0.05) is 24.3 Å². The molecule has 0 radical (unpaired) electrons. The Morgan fingerprint density at radius 2 is 0.944 bits per heavy atom. The van der Waals surface area contributed by atoms with Gasteiger partial charge in [0.05, 0.1) is 0 Å². The molecule has 0 amide bonds. The molecule has 0 aliphatic heterocycles. The van der Waals surface area contributed by atoms with Gasteiger partial charge >= 0.3 is 12.7 Å². The summed E-state index contributed by atoms with van der Waals surface area (Å²) < 4.78 is 79.2. The molecule has 0 N–H and O–H groups in total. The summed E-state index contributed by atoms with van der Waals surface area (Å²) in [5, 5.41) is 0. The molecule has 36 heavy (non-hydrogen) atoms. The van der Waals surface area contributed by atoms with Crippen molar-refractivity contribution in [2.45, 2.75) is 38.7 Å². The Labute approximate surface area is 207 Å². The maximum atomic E-state index is 11.9. The first-order chi connectivity index (χ1) is 16.8. The van der Waals surface area contributed by atoms with Gasteiger partial charge in [0.1, 0.15) is 11.5 Å². The Morgan fingerprint density at radius 1 is 0.639 bits per heavy atom. The third-order valence-electron chi connectivity index (χ3n) is 4.49. The van der Waals surface area contributed by atoms with Crippen LogP contribution in [0, 0.1) is 24.7 Å². The summed E-state index contributed by atoms with van der Waals surface area (Å²) in [6, 6.07) is 11.6. The second-order valence-corrected chi connectivity index (χ2v) is 7.77. The van der Waals surface area contributed by atoms with E-state index in [9.17, 15) is 26.3 Å². The number of halogens is 6. The normalized spacial score (nSPS) is 11.3. The highest BCUT2D eigenvalue weighted by molar-refractivity contribution is 5.28. The average molecular weight is 515 g/mol. The molecule has 10 heteroatoms. The third-order valence-corrected chi connectivity index (χ3v) is 4.49. The van der Waals surface area contributed by atoms with Gasteiger partial charge in [0.2, 0.25) is 0 Å². The Balaban J connectivity index is 0.000000360. The smallest absolute Gasteiger partial charge is 0.406 e. The van der Waals surface area contributed by atoms with Gasteiger partial charge < -0.3 is 19.3 Å². The fourth-order valence-electron chi connectivity index (χ4n) is 2.89. The Bertz CT molecular complexity index is 893. The fourth-order valence-corrected chi connectivity index (χ4v) is 2.89. The zero-order valence-corrected chi connectivity index (χ0v) is 20.0. The lowest BCUT2D eigenvalue weighted by atomic mass is 10.2. The summed E-state index contributed by atoms with van der Waals surface area (Å²) in [5.41, 5.74) is 1.81. The molecule has 4 nitrogen and oxygen atoms in total. The maximum Gasteiger partial charge on any atom is 0.573 e. The first kappa shape index (κ1) is 30.7. The van der Waals surface area contributed by atoms with Crippen LogP contribution in [0.25, 0.3) is 0 Å². The number of ether oxygens (including phenoxy) is 2. The highest BCUT2D eigenvalue weighted by Crippen LogP contribution is 2.24. The minimum atomic E-state index is -4.65. The van der Waals surface area contributed by atoms with Crippen LogP contribution in [0.5, 0.6) is 11.5 Å². The standard InChI is InChI=1S/2C13H14F3NO/c2*1-3-4-9-17(2)10-11-5-7-12(8-6-11)18-13(14,15)16/h2*1,5-8H,4,9-10H2,2H3. The Kier molecular flexibility index (Phi) is 12.7. The van der Waals surface area contributed by atoms with Crippen LogP contribution in [0.3, 0.4) is 0 Å². The average Bonchev–Trinajstić information content (AvgIpc) is 2.77. The highest BCUT2D eigenvalue weighted by Gasteiger charge is 2.31. The van der Waals surface area contributed by atoms with Gasteiger partial charge in [-0.3, -0.25) is 0 Å². The first-order valence-corrected chi connectivity index (χ1v) is 10.7. The summed E-state index contributed by atoms with van der Waals surface area (Å²) >= 11 is 0. The summed E-state index contributed by atoms with van der Waals surface area (Å²) in [6.07, 6.45) is 2.29. The number of hydrogen-bond acceptors (Lipinski definition) is 4. The zero-order valence-electron chi connectivity index (χ0n) is 20.0. The molecule has 0 aliphatic rings. The fraction of sp³-hybridized carbons (Fsp3) is 0.385. The minimum Gasteiger partial charge on any atom is -0.406 e. The molecule has 0 atom stereocenters. The van der Waals surface area contributed by atoms with Crippen molar-refractivity contribution >= 4 is 0 Å². The second-order valence-electron chi connectivity index (χ2n) is 7.77. The molecule has 2 rings (SSSR count). The second kappa shape index (κ2) is 14.9. The number of rotatable bonds is 10. The van der Waals surface area contributed by atoms with Crippen LogP contribution in [0.4, 0.5) is 26.3 Å². The molecule has 0 aromatic heterocycles. The van der Waals surface area contributed by atoms with Crippen molar-refractivity contribution in [3.05, 3.63) is 59.7 Å². The van der Waals surface area contributed by atoms with E-state index < -0.39 is 12.7 Å². The number of alkyl halides is 6. The lowest BCUT2D eigenvalue weighted by Gasteiger charge is -2.15. The van der Waals surface area contributed by atoms with E-state index in [2.05, 4.69) is 21.3 Å². The van der Waals surface area contributed by atoms with E-state index in [1.165, 1.54) is 24.3 Å². The Morgan fingerprint density at radius 3 is 1.19 bits per heavy atom. The van der Waals surface area contributed by atoms with E-state index in [0.717, 1.165) is 24.2 Å². The van der Waals surface area contributed by atoms with Gasteiger partial charge in [-0.05, 0) is 49.5 Å². The molecule has 0 fully saturated rings. The van der Waals surface area contributed by atoms with Crippen molar-refractivity contribution in [1.82, 2.24) is 9.80 Å². The monoisotopic (exact) mass is 514 g/mol. The van der Waals surface area contributed by atoms with E-state index in [4.69, 9.17) is 12.8 Å². The number of nitrogens with zero attached hydrogens (tertiary/aromatic N) is 2. The minimum absolute atomic E-state index is 0.211. The van der Waals surface area contributed by atoms with Gasteiger partial charge in [0.25, 0.3) is 0 Å². The number of hydrogen-bond donors (Lipinski definition) is 0. The van der Waals surface area contributed by atoms with Gasteiger partial charge in [0.15, 0.2) is 0 Å². The first-order valence-electron chi connectivity index (χ1n) is 10.7. The van der Waals surface area contributed by atoms with Crippen molar-refractivity contribution in [3.8, 4) is 36.2 Å². The highest BCUT2D eigenvalue weighted by atomic mass is 19.4. The number of benzene rings is 2. The molecule has 0 saturated carbocycles. The molecule has 0 bridgehead atoms. The SMILES string of the molecule is C#CCCN(C)Cc1ccc(OC(F)(F)F)cc1.C#CCCN(C)Cc1ccc(OC(F)(F)F)cc1. The molecule has 2 aromatic rings. The molecule has 0 aliphatic carbocycles. The molecule has 0 heterocycles. The predicted molar refractivity (Wildman–Crippen MR) is 126 cm³/mol. The van der Waals surface area contributed by atoms with Crippen LogP contribution in [0.15, 0.2) is 48.5 Å². The van der Waals surface area contributed by atoms with Gasteiger partial charge in [-0.25, -0.2) is 0 Å². The quantitative estimate of drug-likeness (QED) is 0.284. The third kappa shape index (κ3) is 14.8. The van der Waals surface area contributed by atoms with Crippen LogP contribution in [-0.2, 0) is 13.1 Å². The van der Waals surface area contributed by atoms with Gasteiger partial charge in [-0.15, -0.1) is 51.0 Å². The van der Waals surface area contributed by atoms with Crippen LogP contribution >= 0.6 is 0 Å². The van der Waals surface area contributed by atoms with Crippen molar-refractivity contribution in [2.75, 3.05) is 27.2 Å². The molecular weight excluding hydrogens is 486 g/mol. The lowest BCUT2D eigenvalue weighted by Crippen LogP contribution is -2.19. The summed E-state index contributed by atoms with van der Waals surface area (Å²) in [4.78, 5) is 4.00. The van der Waals surface area contributed by atoms with Crippen molar-refractivity contribution in [2.24, 2.45) is 0 Å². The molecular formula is C26H28F6N2O2. The van der Waals surface area contributed by atoms with Gasteiger partial charge in [0, 0.05) is 39.0 Å². The zero-order chi connectivity index (χ0) is 27.2. The summed E-state index contributed by atoms with van der Waals surface area (Å²) in [6.45, 7) is 2.76. The van der Waals surface area contributed by atoms with Crippen LogP contribution in [-0.4, -0.2) is 49.7 Å². The van der Waals surface area contributed by atoms with Crippen molar-refractivity contribution in [1.29, 1.82) is 0 Å². The molecule has 2 aromatic carbocycles. The molecule has 0 saturated heterocycles. The Hall–Kier alpha value is -3.34. The summed E-state index contributed by atoms with van der Waals surface area (Å²) in [7, 11) is 3.80. The van der Waals surface area contributed by atoms with E-state index in [-0.39, 0.29) is 11.5 Å². The summed E-state index contributed by atoms with van der Waals surface area (Å²) in [5.74, 6) is 4.64. The molecule has 0 unspecified atom stereocenters. The van der Waals surface area contributed by atoms with Crippen LogP contribution in [0.1, 0.15) is 24.0 Å². The largest absolute Gasteiger partial charge is 0.573 e. The molecule has 0 spiro atoms. The van der Waals surface area contributed by atoms with Crippen LogP contribution < -0.4 is 9.47 Å². The van der Waals surface area contributed by atoms with E-state index >= 15 is 0 Å². The maximum absolute atomic E-state index is 11.9. The van der Waals surface area contributed by atoms with Crippen LogP contribution in [0.2, 0.25) is 0 Å².